The number of H-pyrrole nitrogens is 1. The number of aromatic nitrogens is 2. The largest absolute Gasteiger partial charge is 0.493 e. The second kappa shape index (κ2) is 10.7. The van der Waals surface area contributed by atoms with E-state index in [2.05, 4.69) is 15.3 Å². The SMILES string of the molecule is CCOc1ccc(CCNC(=O)Oc2ccc3nc(-c4c(Cl)cccc4Cl)[nH]c3c2)cc1OC. The number of aromatic amines is 1. The highest BCUT2D eigenvalue weighted by molar-refractivity contribution is 6.39. The number of benzene rings is 3. The van der Waals surface area contributed by atoms with E-state index in [1.165, 1.54) is 0 Å². The van der Waals surface area contributed by atoms with E-state index in [1.807, 2.05) is 25.1 Å². The van der Waals surface area contributed by atoms with Crippen molar-refractivity contribution in [2.75, 3.05) is 20.3 Å². The summed E-state index contributed by atoms with van der Waals surface area (Å²) in [6.07, 6.45) is 0.0606. The first-order chi connectivity index (χ1) is 16.5. The minimum absolute atomic E-state index is 0.383. The number of ether oxygens (including phenoxy) is 3. The average Bonchev–Trinajstić information content (AvgIpc) is 3.22. The third-order valence-electron chi connectivity index (χ3n) is 5.07. The fourth-order valence-corrected chi connectivity index (χ4v) is 4.07. The van der Waals surface area contributed by atoms with E-state index in [4.69, 9.17) is 37.4 Å². The lowest BCUT2D eigenvalue weighted by Crippen LogP contribution is -2.28. The predicted octanol–water partition coefficient (Wildman–Crippen LogP) is 6.28. The molecule has 0 bridgehead atoms. The van der Waals surface area contributed by atoms with E-state index in [9.17, 15) is 4.79 Å². The second-order valence-electron chi connectivity index (χ2n) is 7.35. The van der Waals surface area contributed by atoms with E-state index < -0.39 is 6.09 Å². The van der Waals surface area contributed by atoms with Crippen LogP contribution in [-0.4, -0.2) is 36.3 Å². The number of methoxy groups -OCH3 is 1. The third kappa shape index (κ3) is 5.38. The summed E-state index contributed by atoms with van der Waals surface area (Å²) in [6, 6.07) is 16.1. The van der Waals surface area contributed by atoms with Gasteiger partial charge in [0.05, 0.1) is 40.4 Å². The van der Waals surface area contributed by atoms with Crippen LogP contribution in [0.15, 0.2) is 54.6 Å². The second-order valence-corrected chi connectivity index (χ2v) is 8.16. The Kier molecular flexibility index (Phi) is 7.45. The number of nitrogens with zero attached hydrogens (tertiary/aromatic N) is 1. The minimum Gasteiger partial charge on any atom is -0.493 e. The van der Waals surface area contributed by atoms with Crippen molar-refractivity contribution in [1.29, 1.82) is 0 Å². The van der Waals surface area contributed by atoms with Crippen LogP contribution < -0.4 is 19.5 Å². The lowest BCUT2D eigenvalue weighted by atomic mass is 10.1. The molecule has 9 heteroatoms. The monoisotopic (exact) mass is 499 g/mol. The van der Waals surface area contributed by atoms with Crippen LogP contribution in [0.3, 0.4) is 0 Å². The molecule has 1 amide bonds. The standard InChI is InChI=1S/C25H23Cl2N3O4/c1-3-33-21-10-7-15(13-22(21)32-2)11-12-28-25(31)34-16-8-9-19-20(14-16)30-24(29-19)23-17(26)5-4-6-18(23)27/h4-10,13-14H,3,11-12H2,1-2H3,(H,28,31)(H,29,30). The summed E-state index contributed by atoms with van der Waals surface area (Å²) in [4.78, 5) is 20.0. The number of rotatable bonds is 8. The Morgan fingerprint density at radius 2 is 1.85 bits per heavy atom. The molecule has 0 aliphatic heterocycles. The molecule has 3 aromatic carbocycles. The molecule has 0 radical (unpaired) electrons. The predicted molar refractivity (Wildman–Crippen MR) is 133 cm³/mol. The lowest BCUT2D eigenvalue weighted by molar-refractivity contribution is 0.200. The average molecular weight is 500 g/mol. The van der Waals surface area contributed by atoms with Gasteiger partial charge in [0.15, 0.2) is 11.5 Å². The van der Waals surface area contributed by atoms with Crippen LogP contribution in [0.1, 0.15) is 12.5 Å². The van der Waals surface area contributed by atoms with E-state index in [1.54, 1.807) is 43.5 Å². The Morgan fingerprint density at radius 3 is 2.59 bits per heavy atom. The summed E-state index contributed by atoms with van der Waals surface area (Å²) in [5.74, 6) is 2.27. The van der Waals surface area contributed by atoms with Crippen LogP contribution in [0.2, 0.25) is 10.0 Å². The number of hydrogen-bond acceptors (Lipinski definition) is 5. The van der Waals surface area contributed by atoms with Gasteiger partial charge in [-0.1, -0.05) is 35.3 Å². The Bertz CT molecular complexity index is 1300. The number of nitrogens with one attached hydrogen (secondary N) is 2. The number of imidazole rings is 1. The molecule has 0 unspecified atom stereocenters. The summed E-state index contributed by atoms with van der Waals surface area (Å²) in [5, 5.41) is 3.74. The number of fused-ring (bicyclic) bond motifs is 1. The van der Waals surface area contributed by atoms with Gasteiger partial charge in [-0.3, -0.25) is 0 Å². The maximum Gasteiger partial charge on any atom is 0.412 e. The summed E-state index contributed by atoms with van der Waals surface area (Å²) >= 11 is 12.6. The molecule has 2 N–H and O–H groups in total. The van der Waals surface area contributed by atoms with Crippen molar-refractivity contribution in [1.82, 2.24) is 15.3 Å². The first kappa shape index (κ1) is 23.7. The van der Waals surface area contributed by atoms with Crippen LogP contribution in [0.4, 0.5) is 4.79 Å². The molecule has 0 aliphatic carbocycles. The molecule has 0 saturated heterocycles. The van der Waals surface area contributed by atoms with Crippen LogP contribution in [0.25, 0.3) is 22.4 Å². The number of halogens is 2. The molecule has 4 aromatic rings. The molecule has 34 heavy (non-hydrogen) atoms. The smallest absolute Gasteiger partial charge is 0.412 e. The topological polar surface area (TPSA) is 85.5 Å². The van der Waals surface area contributed by atoms with Gasteiger partial charge in [0.25, 0.3) is 0 Å². The fraction of sp³-hybridized carbons (Fsp3) is 0.200. The molecule has 1 heterocycles. The van der Waals surface area contributed by atoms with Crippen LogP contribution in [0.5, 0.6) is 17.2 Å². The normalized spacial score (nSPS) is 10.8. The summed E-state index contributed by atoms with van der Waals surface area (Å²) in [6.45, 7) is 2.88. The maximum absolute atomic E-state index is 12.3. The maximum atomic E-state index is 12.3. The van der Waals surface area contributed by atoms with E-state index >= 15 is 0 Å². The van der Waals surface area contributed by atoms with Crippen molar-refractivity contribution < 1.29 is 19.0 Å². The van der Waals surface area contributed by atoms with Gasteiger partial charge in [0.2, 0.25) is 0 Å². The van der Waals surface area contributed by atoms with E-state index in [-0.39, 0.29) is 0 Å². The van der Waals surface area contributed by atoms with Gasteiger partial charge >= 0.3 is 6.09 Å². The van der Waals surface area contributed by atoms with E-state index in [0.29, 0.717) is 69.3 Å². The zero-order valence-corrected chi connectivity index (χ0v) is 20.2. The highest BCUT2D eigenvalue weighted by Gasteiger charge is 2.14. The zero-order valence-electron chi connectivity index (χ0n) is 18.7. The van der Waals surface area contributed by atoms with Gasteiger partial charge in [-0.15, -0.1) is 0 Å². The van der Waals surface area contributed by atoms with Crippen molar-refractivity contribution in [3.63, 3.8) is 0 Å². The first-order valence-corrected chi connectivity index (χ1v) is 11.4. The summed E-state index contributed by atoms with van der Waals surface area (Å²) in [5.41, 5.74) is 3.01. The molecule has 1 aromatic heterocycles. The molecule has 176 valence electrons. The van der Waals surface area contributed by atoms with Gasteiger partial charge in [-0.05, 0) is 55.3 Å². The molecular weight excluding hydrogens is 477 g/mol. The van der Waals surface area contributed by atoms with Crippen molar-refractivity contribution in [3.8, 4) is 28.6 Å². The summed E-state index contributed by atoms with van der Waals surface area (Å²) in [7, 11) is 1.60. The van der Waals surface area contributed by atoms with Crippen molar-refractivity contribution in [2.45, 2.75) is 13.3 Å². The molecule has 0 fully saturated rings. The van der Waals surface area contributed by atoms with Gasteiger partial charge in [-0.25, -0.2) is 9.78 Å². The molecular formula is C25H23Cl2N3O4. The van der Waals surface area contributed by atoms with Crippen molar-refractivity contribution in [3.05, 3.63) is 70.2 Å². The van der Waals surface area contributed by atoms with Crippen molar-refractivity contribution >= 4 is 40.3 Å². The molecule has 4 rings (SSSR count). The molecule has 0 atom stereocenters. The Balaban J connectivity index is 1.38. The lowest BCUT2D eigenvalue weighted by Gasteiger charge is -2.11. The molecule has 0 spiro atoms. The zero-order chi connectivity index (χ0) is 24.1. The third-order valence-corrected chi connectivity index (χ3v) is 5.70. The number of carbonyl (C=O) groups excluding carboxylic acids is 1. The van der Waals surface area contributed by atoms with Crippen LogP contribution in [0, 0.1) is 0 Å². The highest BCUT2D eigenvalue weighted by atomic mass is 35.5. The fourth-order valence-electron chi connectivity index (χ4n) is 3.49. The van der Waals surface area contributed by atoms with Crippen LogP contribution in [-0.2, 0) is 6.42 Å². The van der Waals surface area contributed by atoms with Gasteiger partial charge in [0, 0.05) is 12.6 Å². The Labute approximate surface area is 207 Å². The van der Waals surface area contributed by atoms with Crippen molar-refractivity contribution in [2.24, 2.45) is 0 Å². The Morgan fingerprint density at radius 1 is 1.06 bits per heavy atom. The number of hydrogen-bond donors (Lipinski definition) is 2. The Hall–Kier alpha value is -3.42. The highest BCUT2D eigenvalue weighted by Crippen LogP contribution is 2.34. The molecule has 0 saturated carbocycles. The van der Waals surface area contributed by atoms with Gasteiger partial charge < -0.3 is 24.5 Å². The van der Waals surface area contributed by atoms with Crippen LogP contribution >= 0.6 is 23.2 Å². The number of amides is 1. The number of carbonyl (C=O) groups is 1. The first-order valence-electron chi connectivity index (χ1n) is 10.7. The van der Waals surface area contributed by atoms with Gasteiger partial charge in [0.1, 0.15) is 11.6 Å². The minimum atomic E-state index is -0.550. The molecule has 7 nitrogen and oxygen atoms in total. The van der Waals surface area contributed by atoms with E-state index in [0.717, 1.165) is 5.56 Å². The quantitative estimate of drug-likeness (QED) is 0.298. The summed E-state index contributed by atoms with van der Waals surface area (Å²) < 4.78 is 16.3. The van der Waals surface area contributed by atoms with Gasteiger partial charge in [-0.2, -0.15) is 0 Å². The molecule has 0 aliphatic rings.